The largest absolute Gasteiger partial charge is 0.330 e. The van der Waals surface area contributed by atoms with Crippen molar-refractivity contribution >= 4 is 0 Å². The van der Waals surface area contributed by atoms with Crippen molar-refractivity contribution in [3.8, 4) is 0 Å². The lowest BCUT2D eigenvalue weighted by Gasteiger charge is -2.31. The number of nitrogens with two attached hydrogens (primary N) is 1. The number of rotatable bonds is 4. The average molecular weight is 171 g/mol. The van der Waals surface area contributed by atoms with E-state index in [2.05, 4.69) is 34.6 Å². The molecule has 0 fully saturated rings. The Hall–Kier alpha value is -0.0400. The summed E-state index contributed by atoms with van der Waals surface area (Å²) in [6, 6.07) is 0. The highest BCUT2D eigenvalue weighted by atomic mass is 14.6. The third-order valence-electron chi connectivity index (χ3n) is 2.89. The van der Waals surface area contributed by atoms with Gasteiger partial charge >= 0.3 is 0 Å². The molecule has 0 aliphatic heterocycles. The first-order valence-electron chi connectivity index (χ1n) is 5.11. The van der Waals surface area contributed by atoms with Crippen molar-refractivity contribution in [2.45, 2.75) is 47.5 Å². The molecule has 74 valence electrons. The fraction of sp³-hybridized carbons (Fsp3) is 1.00. The SMILES string of the molecule is CCC(C)CC(CN)C(C)(C)C. The summed E-state index contributed by atoms with van der Waals surface area (Å²) < 4.78 is 0. The van der Waals surface area contributed by atoms with Crippen LogP contribution in [-0.4, -0.2) is 6.54 Å². The van der Waals surface area contributed by atoms with E-state index in [0.29, 0.717) is 11.3 Å². The van der Waals surface area contributed by atoms with Gasteiger partial charge in [0.1, 0.15) is 0 Å². The van der Waals surface area contributed by atoms with E-state index in [1.54, 1.807) is 0 Å². The summed E-state index contributed by atoms with van der Waals surface area (Å²) in [5.74, 6) is 1.49. The lowest BCUT2D eigenvalue weighted by atomic mass is 9.76. The van der Waals surface area contributed by atoms with Crippen LogP contribution in [0.2, 0.25) is 0 Å². The van der Waals surface area contributed by atoms with Crippen LogP contribution in [0.4, 0.5) is 0 Å². The highest BCUT2D eigenvalue weighted by Gasteiger charge is 2.24. The van der Waals surface area contributed by atoms with Crippen LogP contribution in [-0.2, 0) is 0 Å². The zero-order valence-corrected chi connectivity index (χ0v) is 9.35. The standard InChI is InChI=1S/C11H25N/c1-6-9(2)7-10(8-12)11(3,4)5/h9-10H,6-8,12H2,1-5H3. The highest BCUT2D eigenvalue weighted by molar-refractivity contribution is 4.76. The number of hydrogen-bond donors (Lipinski definition) is 1. The molecular weight excluding hydrogens is 146 g/mol. The van der Waals surface area contributed by atoms with E-state index in [0.717, 1.165) is 12.5 Å². The maximum Gasteiger partial charge on any atom is -0.00438 e. The predicted octanol–water partition coefficient (Wildman–Crippen LogP) is 3.04. The second-order valence-electron chi connectivity index (χ2n) is 5.05. The molecule has 0 spiro atoms. The quantitative estimate of drug-likeness (QED) is 0.691. The van der Waals surface area contributed by atoms with E-state index < -0.39 is 0 Å². The molecule has 0 amide bonds. The topological polar surface area (TPSA) is 26.0 Å². The summed E-state index contributed by atoms with van der Waals surface area (Å²) in [5, 5.41) is 0. The van der Waals surface area contributed by atoms with Crippen LogP contribution < -0.4 is 5.73 Å². The van der Waals surface area contributed by atoms with Gasteiger partial charge in [-0.15, -0.1) is 0 Å². The van der Waals surface area contributed by atoms with Gasteiger partial charge in [0.15, 0.2) is 0 Å². The average Bonchev–Trinajstić information content (AvgIpc) is 1.97. The molecule has 0 aliphatic carbocycles. The van der Waals surface area contributed by atoms with Crippen molar-refractivity contribution in [2.75, 3.05) is 6.54 Å². The summed E-state index contributed by atoms with van der Waals surface area (Å²) in [6.45, 7) is 12.2. The Morgan fingerprint density at radius 2 is 1.75 bits per heavy atom. The molecule has 2 atom stereocenters. The molecule has 0 bridgehead atoms. The Bertz CT molecular complexity index is 113. The minimum absolute atomic E-state index is 0.373. The van der Waals surface area contributed by atoms with Gasteiger partial charge in [-0.1, -0.05) is 41.0 Å². The summed E-state index contributed by atoms with van der Waals surface area (Å²) in [4.78, 5) is 0. The summed E-state index contributed by atoms with van der Waals surface area (Å²) in [7, 11) is 0. The molecule has 0 aromatic rings. The monoisotopic (exact) mass is 171 g/mol. The van der Waals surface area contributed by atoms with Crippen molar-refractivity contribution in [2.24, 2.45) is 23.0 Å². The lowest BCUT2D eigenvalue weighted by molar-refractivity contribution is 0.205. The van der Waals surface area contributed by atoms with Crippen molar-refractivity contribution in [3.63, 3.8) is 0 Å². The van der Waals surface area contributed by atoms with E-state index in [1.165, 1.54) is 12.8 Å². The zero-order chi connectivity index (χ0) is 9.78. The normalized spacial score (nSPS) is 17.5. The fourth-order valence-corrected chi connectivity index (χ4v) is 1.46. The smallest absolute Gasteiger partial charge is 0.00438 e. The van der Waals surface area contributed by atoms with Crippen LogP contribution in [0.15, 0.2) is 0 Å². The van der Waals surface area contributed by atoms with Crippen LogP contribution >= 0.6 is 0 Å². The Morgan fingerprint density at radius 3 is 2.00 bits per heavy atom. The van der Waals surface area contributed by atoms with Crippen molar-refractivity contribution < 1.29 is 0 Å². The highest BCUT2D eigenvalue weighted by Crippen LogP contribution is 2.30. The van der Waals surface area contributed by atoms with Gasteiger partial charge in [-0.05, 0) is 30.2 Å². The molecule has 0 aromatic carbocycles. The third-order valence-corrected chi connectivity index (χ3v) is 2.89. The van der Waals surface area contributed by atoms with Gasteiger partial charge < -0.3 is 5.73 Å². The van der Waals surface area contributed by atoms with Gasteiger partial charge in [-0.3, -0.25) is 0 Å². The third kappa shape index (κ3) is 4.10. The van der Waals surface area contributed by atoms with Gasteiger partial charge in [-0.2, -0.15) is 0 Å². The van der Waals surface area contributed by atoms with Crippen LogP contribution in [0.5, 0.6) is 0 Å². The van der Waals surface area contributed by atoms with Gasteiger partial charge in [0.2, 0.25) is 0 Å². The molecule has 0 aromatic heterocycles. The summed E-state index contributed by atoms with van der Waals surface area (Å²) in [5.41, 5.74) is 6.14. The molecule has 0 radical (unpaired) electrons. The maximum atomic E-state index is 5.76. The second kappa shape index (κ2) is 4.86. The van der Waals surface area contributed by atoms with Crippen molar-refractivity contribution in [1.82, 2.24) is 0 Å². The van der Waals surface area contributed by atoms with Crippen LogP contribution in [0.3, 0.4) is 0 Å². The Morgan fingerprint density at radius 1 is 1.25 bits per heavy atom. The van der Waals surface area contributed by atoms with Crippen LogP contribution in [0.1, 0.15) is 47.5 Å². The first-order chi connectivity index (χ1) is 5.41. The molecule has 2 unspecified atom stereocenters. The number of hydrogen-bond acceptors (Lipinski definition) is 1. The minimum atomic E-state index is 0.373. The van der Waals surface area contributed by atoms with Crippen LogP contribution in [0, 0.1) is 17.3 Å². The van der Waals surface area contributed by atoms with E-state index in [9.17, 15) is 0 Å². The molecule has 0 saturated carbocycles. The first-order valence-corrected chi connectivity index (χ1v) is 5.11. The Kier molecular flexibility index (Phi) is 4.84. The zero-order valence-electron chi connectivity index (χ0n) is 9.35. The van der Waals surface area contributed by atoms with E-state index >= 15 is 0 Å². The Labute approximate surface area is 77.7 Å². The molecule has 0 rings (SSSR count). The summed E-state index contributed by atoms with van der Waals surface area (Å²) in [6.07, 6.45) is 2.54. The van der Waals surface area contributed by atoms with Gasteiger partial charge in [-0.25, -0.2) is 0 Å². The van der Waals surface area contributed by atoms with Crippen LogP contribution in [0.25, 0.3) is 0 Å². The van der Waals surface area contributed by atoms with Gasteiger partial charge in [0.25, 0.3) is 0 Å². The molecule has 12 heavy (non-hydrogen) atoms. The lowest BCUT2D eigenvalue weighted by Crippen LogP contribution is -2.29. The molecule has 0 heterocycles. The molecular formula is C11H25N. The second-order valence-corrected chi connectivity index (χ2v) is 5.05. The maximum absolute atomic E-state index is 5.76. The minimum Gasteiger partial charge on any atom is -0.330 e. The van der Waals surface area contributed by atoms with Crippen molar-refractivity contribution in [3.05, 3.63) is 0 Å². The summed E-state index contributed by atoms with van der Waals surface area (Å²) >= 11 is 0. The molecule has 0 saturated heterocycles. The van der Waals surface area contributed by atoms with E-state index in [1.807, 2.05) is 0 Å². The molecule has 1 nitrogen and oxygen atoms in total. The molecule has 2 N–H and O–H groups in total. The Balaban J connectivity index is 4.00. The van der Waals surface area contributed by atoms with Gasteiger partial charge in [0.05, 0.1) is 0 Å². The fourth-order valence-electron chi connectivity index (χ4n) is 1.46. The molecule has 0 aliphatic rings. The first kappa shape index (κ1) is 12.0. The van der Waals surface area contributed by atoms with Crippen molar-refractivity contribution in [1.29, 1.82) is 0 Å². The van der Waals surface area contributed by atoms with Gasteiger partial charge in [0, 0.05) is 0 Å². The molecule has 1 heteroatoms. The predicted molar refractivity (Wildman–Crippen MR) is 56.1 cm³/mol. The van der Waals surface area contributed by atoms with E-state index in [-0.39, 0.29) is 0 Å². The van der Waals surface area contributed by atoms with E-state index in [4.69, 9.17) is 5.73 Å².